The lowest BCUT2D eigenvalue weighted by molar-refractivity contribution is 0.273. The van der Waals surface area contributed by atoms with Crippen LogP contribution < -0.4 is 10.6 Å². The summed E-state index contributed by atoms with van der Waals surface area (Å²) in [6.07, 6.45) is 5.82. The second-order valence-electron chi connectivity index (χ2n) is 5.36. The number of hydrogen-bond donors (Lipinski definition) is 1. The van der Waals surface area contributed by atoms with Gasteiger partial charge in [-0.2, -0.15) is 0 Å². The highest BCUT2D eigenvalue weighted by molar-refractivity contribution is 5.41. The lowest BCUT2D eigenvalue weighted by atomic mass is 10.2. The van der Waals surface area contributed by atoms with Crippen LogP contribution in [0.1, 0.15) is 24.8 Å². The van der Waals surface area contributed by atoms with Crippen molar-refractivity contribution in [1.29, 1.82) is 0 Å². The van der Waals surface area contributed by atoms with Gasteiger partial charge in [0.2, 0.25) is 0 Å². The summed E-state index contributed by atoms with van der Waals surface area (Å²) in [5, 5.41) is 0. The predicted octanol–water partition coefficient (Wildman–Crippen LogP) is 1.21. The van der Waals surface area contributed by atoms with Crippen LogP contribution in [-0.4, -0.2) is 42.1 Å². The number of pyridine rings is 1. The van der Waals surface area contributed by atoms with E-state index in [1.54, 1.807) is 0 Å². The SMILES string of the molecule is NCc1ccnc(N2CCCN3CCCC3C2)c1. The third kappa shape index (κ3) is 2.35. The van der Waals surface area contributed by atoms with E-state index in [4.69, 9.17) is 5.73 Å². The van der Waals surface area contributed by atoms with Gasteiger partial charge in [0.15, 0.2) is 0 Å². The third-order valence-corrected chi connectivity index (χ3v) is 4.17. The fourth-order valence-corrected chi connectivity index (χ4v) is 3.18. The molecule has 2 fully saturated rings. The zero-order valence-corrected chi connectivity index (χ0v) is 10.9. The number of fused-ring (bicyclic) bond motifs is 1. The quantitative estimate of drug-likeness (QED) is 0.852. The Bertz CT molecular complexity index is 407. The lowest BCUT2D eigenvalue weighted by Gasteiger charge is -2.26. The van der Waals surface area contributed by atoms with E-state index in [1.165, 1.54) is 37.9 Å². The molecule has 1 aromatic heterocycles. The largest absolute Gasteiger partial charge is 0.355 e. The maximum atomic E-state index is 5.71. The Hall–Kier alpha value is -1.13. The molecule has 2 saturated heterocycles. The van der Waals surface area contributed by atoms with Crippen molar-refractivity contribution in [2.24, 2.45) is 5.73 Å². The Kier molecular flexibility index (Phi) is 3.48. The van der Waals surface area contributed by atoms with Crippen molar-refractivity contribution in [3.63, 3.8) is 0 Å². The highest BCUT2D eigenvalue weighted by Crippen LogP contribution is 2.24. The summed E-state index contributed by atoms with van der Waals surface area (Å²) in [7, 11) is 0. The summed E-state index contributed by atoms with van der Waals surface area (Å²) >= 11 is 0. The first kappa shape index (κ1) is 11.9. The third-order valence-electron chi connectivity index (χ3n) is 4.17. The van der Waals surface area contributed by atoms with E-state index in [2.05, 4.69) is 20.9 Å². The van der Waals surface area contributed by atoms with E-state index in [0.717, 1.165) is 24.9 Å². The number of rotatable bonds is 2. The van der Waals surface area contributed by atoms with Gasteiger partial charge in [0.1, 0.15) is 5.82 Å². The minimum atomic E-state index is 0.596. The Balaban J connectivity index is 1.78. The molecule has 2 aliphatic rings. The van der Waals surface area contributed by atoms with Crippen molar-refractivity contribution in [2.45, 2.75) is 31.8 Å². The van der Waals surface area contributed by atoms with Gasteiger partial charge < -0.3 is 10.6 Å². The standard InChI is InChI=1S/C14H22N4/c15-10-12-4-5-16-14(9-12)18-8-2-7-17-6-1-3-13(17)11-18/h4-5,9,13H,1-3,6-8,10-11,15H2. The van der Waals surface area contributed by atoms with Crippen molar-refractivity contribution in [3.8, 4) is 0 Å². The molecule has 0 amide bonds. The van der Waals surface area contributed by atoms with Crippen LogP contribution in [0.3, 0.4) is 0 Å². The van der Waals surface area contributed by atoms with Crippen molar-refractivity contribution in [1.82, 2.24) is 9.88 Å². The second kappa shape index (κ2) is 5.24. The molecule has 0 saturated carbocycles. The fourth-order valence-electron chi connectivity index (χ4n) is 3.18. The molecule has 0 radical (unpaired) electrons. The zero-order chi connectivity index (χ0) is 12.4. The maximum Gasteiger partial charge on any atom is 0.128 e. The number of nitrogens with two attached hydrogens (primary N) is 1. The average molecular weight is 246 g/mol. The molecule has 3 heterocycles. The van der Waals surface area contributed by atoms with Gasteiger partial charge in [0.05, 0.1) is 0 Å². The van der Waals surface area contributed by atoms with Crippen molar-refractivity contribution < 1.29 is 0 Å². The molecule has 0 aromatic carbocycles. The number of nitrogens with zero attached hydrogens (tertiary/aromatic N) is 3. The van der Waals surface area contributed by atoms with Crippen LogP contribution in [0.15, 0.2) is 18.3 Å². The van der Waals surface area contributed by atoms with Crippen LogP contribution in [0.25, 0.3) is 0 Å². The molecular formula is C14H22N4. The molecule has 2 aliphatic heterocycles. The van der Waals surface area contributed by atoms with Crippen LogP contribution in [-0.2, 0) is 6.54 Å². The highest BCUT2D eigenvalue weighted by Gasteiger charge is 2.29. The molecule has 4 heteroatoms. The van der Waals surface area contributed by atoms with Gasteiger partial charge in [-0.15, -0.1) is 0 Å². The molecule has 18 heavy (non-hydrogen) atoms. The first-order valence-corrected chi connectivity index (χ1v) is 7.01. The van der Waals surface area contributed by atoms with E-state index in [9.17, 15) is 0 Å². The van der Waals surface area contributed by atoms with Gasteiger partial charge in [-0.05, 0) is 43.5 Å². The summed E-state index contributed by atoms with van der Waals surface area (Å²) in [6.45, 7) is 5.38. The van der Waals surface area contributed by atoms with Crippen LogP contribution in [0.4, 0.5) is 5.82 Å². The molecule has 0 spiro atoms. The van der Waals surface area contributed by atoms with Crippen LogP contribution in [0.2, 0.25) is 0 Å². The van der Waals surface area contributed by atoms with Gasteiger partial charge in [0.25, 0.3) is 0 Å². The Morgan fingerprint density at radius 2 is 2.17 bits per heavy atom. The Labute approximate surface area is 109 Å². The van der Waals surface area contributed by atoms with Gasteiger partial charge in [0, 0.05) is 38.4 Å². The zero-order valence-electron chi connectivity index (χ0n) is 10.9. The first-order chi connectivity index (χ1) is 8.86. The van der Waals surface area contributed by atoms with E-state index in [0.29, 0.717) is 6.54 Å². The summed E-state index contributed by atoms with van der Waals surface area (Å²) in [6, 6.07) is 4.88. The molecule has 98 valence electrons. The topological polar surface area (TPSA) is 45.4 Å². The van der Waals surface area contributed by atoms with Gasteiger partial charge in [-0.1, -0.05) is 0 Å². The number of anilines is 1. The molecule has 2 N–H and O–H groups in total. The normalized spacial score (nSPS) is 24.9. The molecule has 4 nitrogen and oxygen atoms in total. The molecular weight excluding hydrogens is 224 g/mol. The molecule has 1 unspecified atom stereocenters. The van der Waals surface area contributed by atoms with Gasteiger partial charge in [-0.25, -0.2) is 4.98 Å². The summed E-state index contributed by atoms with van der Waals surface area (Å²) in [4.78, 5) is 9.60. The second-order valence-corrected chi connectivity index (χ2v) is 5.36. The van der Waals surface area contributed by atoms with Crippen molar-refractivity contribution in [2.75, 3.05) is 31.1 Å². The molecule has 1 aromatic rings. The summed E-state index contributed by atoms with van der Waals surface area (Å²) in [5.74, 6) is 1.10. The summed E-state index contributed by atoms with van der Waals surface area (Å²) < 4.78 is 0. The first-order valence-electron chi connectivity index (χ1n) is 7.01. The van der Waals surface area contributed by atoms with Crippen molar-refractivity contribution in [3.05, 3.63) is 23.9 Å². The monoisotopic (exact) mass is 246 g/mol. The average Bonchev–Trinajstić information content (AvgIpc) is 2.76. The van der Waals surface area contributed by atoms with Crippen LogP contribution in [0, 0.1) is 0 Å². The van der Waals surface area contributed by atoms with Gasteiger partial charge in [-0.3, -0.25) is 4.90 Å². The minimum Gasteiger partial charge on any atom is -0.355 e. The molecule has 0 bridgehead atoms. The van der Waals surface area contributed by atoms with Crippen LogP contribution >= 0.6 is 0 Å². The Morgan fingerprint density at radius 1 is 1.28 bits per heavy atom. The predicted molar refractivity (Wildman–Crippen MR) is 73.6 cm³/mol. The van der Waals surface area contributed by atoms with Crippen LogP contribution in [0.5, 0.6) is 0 Å². The number of hydrogen-bond acceptors (Lipinski definition) is 4. The van der Waals surface area contributed by atoms with Crippen molar-refractivity contribution >= 4 is 5.82 Å². The van der Waals surface area contributed by atoms with E-state index in [-0.39, 0.29) is 0 Å². The van der Waals surface area contributed by atoms with E-state index < -0.39 is 0 Å². The molecule has 3 rings (SSSR count). The smallest absolute Gasteiger partial charge is 0.128 e. The van der Waals surface area contributed by atoms with E-state index in [1.807, 2.05) is 12.3 Å². The Morgan fingerprint density at radius 3 is 3.06 bits per heavy atom. The number of aromatic nitrogens is 1. The molecule has 0 aliphatic carbocycles. The maximum absolute atomic E-state index is 5.71. The minimum absolute atomic E-state index is 0.596. The van der Waals surface area contributed by atoms with Gasteiger partial charge >= 0.3 is 0 Å². The summed E-state index contributed by atoms with van der Waals surface area (Å²) in [5.41, 5.74) is 6.88. The lowest BCUT2D eigenvalue weighted by Crippen LogP contribution is -2.37. The molecule has 1 atom stereocenters. The highest BCUT2D eigenvalue weighted by atomic mass is 15.3. The fraction of sp³-hybridized carbons (Fsp3) is 0.643. The van der Waals surface area contributed by atoms with E-state index >= 15 is 0 Å².